The van der Waals surface area contributed by atoms with E-state index in [9.17, 15) is 9.18 Å². The Morgan fingerprint density at radius 3 is 2.65 bits per heavy atom. The second kappa shape index (κ2) is 5.27. The van der Waals surface area contributed by atoms with Crippen molar-refractivity contribution in [3.05, 3.63) is 70.3 Å². The Labute approximate surface area is 158 Å². The molecule has 1 aliphatic heterocycles. The summed E-state index contributed by atoms with van der Waals surface area (Å²) in [7, 11) is 1.88. The Balaban J connectivity index is 1.78. The highest BCUT2D eigenvalue weighted by Crippen LogP contribution is 2.54. The molecule has 2 aliphatic rings. The molecule has 1 fully saturated rings. The molecule has 1 aromatic carbocycles. The lowest BCUT2D eigenvalue weighted by molar-refractivity contribution is 0.0705. The van der Waals surface area contributed by atoms with E-state index in [0.717, 1.165) is 34.3 Å². The number of aromatic nitrogens is 2. The summed E-state index contributed by atoms with van der Waals surface area (Å²) in [6.07, 6.45) is 3.13. The van der Waals surface area contributed by atoms with Crippen molar-refractivity contribution < 1.29 is 9.18 Å². The molecule has 0 radical (unpaired) electrons. The van der Waals surface area contributed by atoms with E-state index in [0.29, 0.717) is 11.4 Å². The van der Waals surface area contributed by atoms with Crippen LogP contribution in [0.4, 0.5) is 4.39 Å². The van der Waals surface area contributed by atoms with Crippen LogP contribution >= 0.6 is 15.9 Å². The van der Waals surface area contributed by atoms with Crippen molar-refractivity contribution in [2.24, 2.45) is 0 Å². The van der Waals surface area contributed by atoms with Crippen LogP contribution in [0.15, 0.2) is 53.3 Å². The molecule has 0 atom stereocenters. The molecule has 26 heavy (non-hydrogen) atoms. The van der Waals surface area contributed by atoms with Crippen LogP contribution in [0, 0.1) is 5.82 Å². The van der Waals surface area contributed by atoms with E-state index in [4.69, 9.17) is 0 Å². The molecule has 4 nitrogen and oxygen atoms in total. The number of fused-ring (bicyclic) bond motifs is 4. The molecule has 0 bridgehead atoms. The molecule has 3 aromatic rings. The molecule has 1 saturated carbocycles. The topological polar surface area (TPSA) is 38.1 Å². The summed E-state index contributed by atoms with van der Waals surface area (Å²) in [6, 6.07) is 12.9. The molecule has 3 heterocycles. The first-order valence-electron chi connectivity index (χ1n) is 8.43. The predicted octanol–water partition coefficient (Wildman–Crippen LogP) is 4.52. The molecule has 1 aliphatic carbocycles. The van der Waals surface area contributed by atoms with Crippen molar-refractivity contribution >= 4 is 21.8 Å². The fourth-order valence-corrected chi connectivity index (χ4v) is 4.42. The molecule has 0 N–H and O–H groups in total. The maximum absolute atomic E-state index is 13.2. The predicted molar refractivity (Wildman–Crippen MR) is 99.7 cm³/mol. The first kappa shape index (κ1) is 15.8. The second-order valence-corrected chi connectivity index (χ2v) is 7.68. The smallest absolute Gasteiger partial charge is 0.271 e. The Hall–Kier alpha value is -2.47. The second-order valence-electron chi connectivity index (χ2n) is 6.87. The zero-order valence-corrected chi connectivity index (χ0v) is 15.6. The molecule has 2 aromatic heterocycles. The zero-order chi connectivity index (χ0) is 18.1. The van der Waals surface area contributed by atoms with Crippen molar-refractivity contribution in [3.63, 3.8) is 0 Å². The van der Waals surface area contributed by atoms with Gasteiger partial charge in [0.05, 0.1) is 27.7 Å². The van der Waals surface area contributed by atoms with Crippen LogP contribution in [0.2, 0.25) is 0 Å². The number of rotatable bonds is 1. The average Bonchev–Trinajstić information content (AvgIpc) is 3.37. The van der Waals surface area contributed by atoms with Crippen molar-refractivity contribution in [1.29, 1.82) is 0 Å². The van der Waals surface area contributed by atoms with Gasteiger partial charge in [0.2, 0.25) is 0 Å². The Morgan fingerprint density at radius 2 is 1.96 bits per heavy atom. The maximum Gasteiger partial charge on any atom is 0.271 e. The highest BCUT2D eigenvalue weighted by molar-refractivity contribution is 9.10. The van der Waals surface area contributed by atoms with Gasteiger partial charge < -0.3 is 4.90 Å². The van der Waals surface area contributed by atoms with Gasteiger partial charge in [0, 0.05) is 18.2 Å². The number of hydrogen-bond donors (Lipinski definition) is 0. The lowest BCUT2D eigenvalue weighted by atomic mass is 9.98. The van der Waals surface area contributed by atoms with E-state index in [1.54, 1.807) is 6.07 Å². The SMILES string of the molecule is CN1C(=O)c2ccc(Br)n2-c2cc(-c3ccc(F)cn3)ccc2C12CC2. The van der Waals surface area contributed by atoms with E-state index in [2.05, 4.69) is 27.0 Å². The van der Waals surface area contributed by atoms with E-state index < -0.39 is 0 Å². The quantitative estimate of drug-likeness (QED) is 0.590. The molecule has 130 valence electrons. The minimum Gasteiger partial charge on any atom is -0.331 e. The van der Waals surface area contributed by atoms with Crippen molar-refractivity contribution in [3.8, 4) is 16.9 Å². The molecule has 0 unspecified atom stereocenters. The summed E-state index contributed by atoms with van der Waals surface area (Å²) in [5, 5.41) is 0. The Morgan fingerprint density at radius 1 is 1.15 bits per heavy atom. The first-order valence-corrected chi connectivity index (χ1v) is 9.23. The standard InChI is InChI=1S/C20H15BrFN3O/c1-24-19(26)16-6-7-18(21)25(16)17-10-12(15-5-3-13(22)11-23-15)2-4-14(17)20(24)8-9-20/h2-7,10-11H,8-9H2,1H3. The third-order valence-electron chi connectivity index (χ3n) is 5.49. The van der Waals surface area contributed by atoms with Crippen LogP contribution in [-0.4, -0.2) is 27.4 Å². The highest BCUT2D eigenvalue weighted by Gasteiger charge is 2.53. The van der Waals surface area contributed by atoms with Gasteiger partial charge >= 0.3 is 0 Å². The zero-order valence-electron chi connectivity index (χ0n) is 14.0. The van der Waals surface area contributed by atoms with Crippen LogP contribution < -0.4 is 0 Å². The summed E-state index contributed by atoms with van der Waals surface area (Å²) < 4.78 is 16.0. The van der Waals surface area contributed by atoms with Gasteiger partial charge in [-0.2, -0.15) is 0 Å². The first-order chi connectivity index (χ1) is 12.5. The van der Waals surface area contributed by atoms with E-state index >= 15 is 0 Å². The highest BCUT2D eigenvalue weighted by atomic mass is 79.9. The monoisotopic (exact) mass is 411 g/mol. The summed E-state index contributed by atoms with van der Waals surface area (Å²) in [5.74, 6) is -0.339. The fraction of sp³-hybridized carbons (Fsp3) is 0.200. The molecule has 0 saturated heterocycles. The molecule has 6 heteroatoms. The summed E-state index contributed by atoms with van der Waals surface area (Å²) in [5.41, 5.74) is 4.09. The molecule has 1 spiro atoms. The number of benzene rings is 1. The largest absolute Gasteiger partial charge is 0.331 e. The number of hydrogen-bond acceptors (Lipinski definition) is 2. The normalized spacial score (nSPS) is 17.0. The van der Waals surface area contributed by atoms with Gasteiger partial charge in [-0.05, 0) is 59.1 Å². The number of nitrogens with zero attached hydrogens (tertiary/aromatic N) is 3. The number of carbonyl (C=O) groups excluding carboxylic acids is 1. The van der Waals surface area contributed by atoms with Gasteiger partial charge in [0.15, 0.2) is 0 Å². The molecule has 5 rings (SSSR count). The molecule has 1 amide bonds. The number of halogens is 2. The maximum atomic E-state index is 13.2. The van der Waals surface area contributed by atoms with E-state index in [1.165, 1.54) is 12.3 Å². The van der Waals surface area contributed by atoms with Gasteiger partial charge in [-0.1, -0.05) is 12.1 Å². The lowest BCUT2D eigenvalue weighted by Crippen LogP contribution is -2.36. The summed E-state index contributed by atoms with van der Waals surface area (Å²) >= 11 is 3.58. The van der Waals surface area contributed by atoms with Crippen LogP contribution in [0.3, 0.4) is 0 Å². The van der Waals surface area contributed by atoms with Gasteiger partial charge in [-0.25, -0.2) is 4.39 Å². The van der Waals surface area contributed by atoms with E-state index in [1.807, 2.05) is 40.8 Å². The minimum atomic E-state index is -0.358. The van der Waals surface area contributed by atoms with Crippen LogP contribution in [-0.2, 0) is 5.54 Å². The minimum absolute atomic E-state index is 0.0193. The molecular formula is C20H15BrFN3O. The summed E-state index contributed by atoms with van der Waals surface area (Å²) in [4.78, 5) is 19.1. The third kappa shape index (κ3) is 2.05. The average molecular weight is 412 g/mol. The third-order valence-corrected chi connectivity index (χ3v) is 6.10. The van der Waals surface area contributed by atoms with Crippen molar-refractivity contribution in [2.45, 2.75) is 18.4 Å². The Bertz CT molecular complexity index is 1050. The lowest BCUT2D eigenvalue weighted by Gasteiger charge is -2.27. The van der Waals surface area contributed by atoms with Crippen LogP contribution in [0.5, 0.6) is 0 Å². The van der Waals surface area contributed by atoms with Gasteiger partial charge in [0.25, 0.3) is 5.91 Å². The van der Waals surface area contributed by atoms with Crippen molar-refractivity contribution in [2.75, 3.05) is 7.05 Å². The van der Waals surface area contributed by atoms with Crippen LogP contribution in [0.25, 0.3) is 16.9 Å². The summed E-state index contributed by atoms with van der Waals surface area (Å²) in [6.45, 7) is 0. The van der Waals surface area contributed by atoms with Gasteiger partial charge in [0.1, 0.15) is 11.5 Å². The van der Waals surface area contributed by atoms with Gasteiger partial charge in [-0.15, -0.1) is 0 Å². The fourth-order valence-electron chi connectivity index (χ4n) is 3.91. The van der Waals surface area contributed by atoms with E-state index in [-0.39, 0.29) is 17.3 Å². The van der Waals surface area contributed by atoms with Gasteiger partial charge in [-0.3, -0.25) is 14.3 Å². The number of amides is 1. The number of pyridine rings is 1. The molecular weight excluding hydrogens is 397 g/mol. The Kier molecular flexibility index (Phi) is 3.19. The number of carbonyl (C=O) groups is 1. The van der Waals surface area contributed by atoms with Crippen molar-refractivity contribution in [1.82, 2.24) is 14.5 Å². The van der Waals surface area contributed by atoms with Crippen LogP contribution in [0.1, 0.15) is 28.9 Å².